The zero-order chi connectivity index (χ0) is 92.9. The van der Waals surface area contributed by atoms with Crippen molar-refractivity contribution in [1.82, 2.24) is 45.0 Å². The molecule has 0 bridgehead atoms. The average Bonchev–Trinajstić information content (AvgIpc) is 0.736. The van der Waals surface area contributed by atoms with Gasteiger partial charge < -0.3 is 28.9 Å². The first-order chi connectivity index (χ1) is 62.7. The minimum Gasteiger partial charge on any atom is -0.487 e. The number of ether oxygens (including phenoxy) is 3. The van der Waals surface area contributed by atoms with Gasteiger partial charge in [0.15, 0.2) is 34.7 Å². The van der Waals surface area contributed by atoms with Crippen LogP contribution in [0.1, 0.15) is 245 Å². The second kappa shape index (κ2) is 34.0. The number of hydrogen-bond acceptors (Lipinski definition) is 18. The molecule has 0 fully saturated rings. The fraction of sp³-hybridized carbons (Fsp3) is 0.389. The van der Waals surface area contributed by atoms with Crippen LogP contribution in [0.25, 0.3) is 0 Å². The molecule has 0 radical (unpaired) electrons. The summed E-state index contributed by atoms with van der Waals surface area (Å²) < 4.78 is 27.9. The molecule has 0 amide bonds. The minimum atomic E-state index is -0.525. The van der Waals surface area contributed by atoms with Gasteiger partial charge in [0.05, 0.1) is 38.2 Å². The van der Waals surface area contributed by atoms with Crippen LogP contribution in [-0.4, -0.2) is 79.7 Å². The first kappa shape index (κ1) is 89.9. The van der Waals surface area contributed by atoms with Gasteiger partial charge in [0, 0.05) is 154 Å². The number of allylic oxidation sites excluding steroid dienone is 12. The molecule has 19 rings (SSSR count). The highest BCUT2D eigenvalue weighted by Gasteiger charge is 2.54. The van der Waals surface area contributed by atoms with E-state index >= 15 is 0 Å². The molecule has 0 saturated heterocycles. The number of nitrogens with zero attached hydrogens (tertiary/aromatic N) is 12. The van der Waals surface area contributed by atoms with Crippen LogP contribution in [0.2, 0.25) is 0 Å². The third-order valence-corrected chi connectivity index (χ3v) is 29.8. The predicted octanol–water partition coefficient (Wildman–Crippen LogP) is 23.2. The molecular formula is C108H111Br3N12O9. The van der Waals surface area contributed by atoms with Crippen LogP contribution in [0.4, 0.5) is 17.1 Å². The molecule has 0 spiro atoms. The summed E-state index contributed by atoms with van der Waals surface area (Å²) in [6, 6.07) is 48.0. The zero-order valence-electron chi connectivity index (χ0n) is 77.7. The van der Waals surface area contributed by atoms with Gasteiger partial charge in [-0.3, -0.25) is 28.8 Å². The Balaban J connectivity index is 0.587. The smallest absolute Gasteiger partial charge is 0.162 e. The Labute approximate surface area is 796 Å². The van der Waals surface area contributed by atoms with Gasteiger partial charge in [0.25, 0.3) is 0 Å². The van der Waals surface area contributed by atoms with E-state index in [4.69, 9.17) is 29.9 Å². The van der Waals surface area contributed by atoms with Crippen molar-refractivity contribution in [3.05, 3.63) is 312 Å². The van der Waals surface area contributed by atoms with Gasteiger partial charge in [-0.2, -0.15) is 0 Å². The third kappa shape index (κ3) is 17.5. The summed E-state index contributed by atoms with van der Waals surface area (Å²) in [5.74, 6) is 0.613. The number of ketones is 6. The average molecular weight is 1960 g/mol. The fourth-order valence-electron chi connectivity index (χ4n) is 22.4. The number of rotatable bonds is 21. The molecule has 0 unspecified atom stereocenters. The highest BCUT2D eigenvalue weighted by molar-refractivity contribution is 9.11. The van der Waals surface area contributed by atoms with E-state index in [-0.39, 0.29) is 87.0 Å². The molecule has 21 nitrogen and oxygen atoms in total. The number of anilines is 3. The molecule has 6 heterocycles. The minimum absolute atomic E-state index is 0.0649. The molecule has 7 aromatic carbocycles. The number of aromatic nitrogens is 9. The van der Waals surface area contributed by atoms with Gasteiger partial charge >= 0.3 is 0 Å². The Morgan fingerprint density at radius 1 is 0.288 bits per heavy atom. The van der Waals surface area contributed by atoms with E-state index in [0.29, 0.717) is 164 Å². The lowest BCUT2D eigenvalue weighted by Crippen LogP contribution is -2.44. The maximum absolute atomic E-state index is 14.7. The highest BCUT2D eigenvalue weighted by atomic mass is 79.9. The molecule has 0 saturated carbocycles. The number of carbonyl (C=O) groups excluding carboxylic acids is 6. The molecule has 3 aromatic heterocycles. The summed E-state index contributed by atoms with van der Waals surface area (Å²) in [7, 11) is 0. The van der Waals surface area contributed by atoms with E-state index in [9.17, 15) is 28.8 Å². The third-order valence-electron chi connectivity index (χ3n) is 28.2. The molecular weight excluding hydrogens is 1850 g/mol. The summed E-state index contributed by atoms with van der Waals surface area (Å²) in [6.07, 6.45) is 12.1. The molecule has 3 aliphatic heterocycles. The topological polar surface area (TPSA) is 232 Å². The van der Waals surface area contributed by atoms with Crippen LogP contribution >= 0.6 is 47.8 Å². The molecule has 10 aromatic rings. The van der Waals surface area contributed by atoms with Crippen LogP contribution in [0.5, 0.6) is 17.2 Å². The summed E-state index contributed by atoms with van der Waals surface area (Å²) in [4.78, 5) is 95.2. The largest absolute Gasteiger partial charge is 0.487 e. The van der Waals surface area contributed by atoms with Gasteiger partial charge in [-0.15, -0.1) is 15.3 Å². The predicted molar refractivity (Wildman–Crippen MR) is 519 cm³/mol. The monoisotopic (exact) mass is 1960 g/mol. The van der Waals surface area contributed by atoms with Crippen molar-refractivity contribution in [1.29, 1.82) is 0 Å². The van der Waals surface area contributed by atoms with Crippen LogP contribution in [-0.2, 0) is 68.2 Å². The number of benzene rings is 7. The van der Waals surface area contributed by atoms with Gasteiger partial charge in [-0.25, -0.2) is 14.0 Å². The van der Waals surface area contributed by atoms with Gasteiger partial charge in [-0.05, 0) is 251 Å². The second-order valence-electron chi connectivity index (χ2n) is 42.6. The SMILES string of the molecule is Cc1c(Cn2cc(COc3ccc(C4C5=C(CC(C)(C)CC5=O)N(c5ccc(Br)cc5)C5=C4C(=O)CC(C)(C)C5)cc3)nn2)c(C)c(Cn2cc(COc3ccc(C4C5=C(CC(C)(C)CC5=O)N(c5ccc(Br)cc5)C5=C4C(=O)CC(C)(C)C5)cc3)nn2)c(C)c1Cn1cc(COc2ccc(C3C4=C(CC(C)(C)CC4=O)N(c4ccc(Br)cc4)C4=C3C(=O)CC(C)(C)C4)cc2)nn1. The number of carbonyl (C=O) groups is 6. The molecule has 132 heavy (non-hydrogen) atoms. The zero-order valence-corrected chi connectivity index (χ0v) is 82.5. The van der Waals surface area contributed by atoms with Crippen molar-refractivity contribution in [3.8, 4) is 17.2 Å². The van der Waals surface area contributed by atoms with Crippen LogP contribution in [0, 0.1) is 53.3 Å². The molecule has 0 atom stereocenters. The van der Waals surface area contributed by atoms with Crippen LogP contribution < -0.4 is 28.9 Å². The van der Waals surface area contributed by atoms with E-state index in [0.717, 1.165) is 115 Å². The van der Waals surface area contributed by atoms with Crippen molar-refractivity contribution < 1.29 is 43.0 Å². The lowest BCUT2D eigenvalue weighted by atomic mass is 9.63. The summed E-state index contributed by atoms with van der Waals surface area (Å²) in [6.45, 7) is 33.7. The molecule has 24 heteroatoms. The quantitative estimate of drug-likeness (QED) is 0.0650. The normalized spacial score (nSPS) is 20.0. The number of hydrogen-bond donors (Lipinski definition) is 0. The van der Waals surface area contributed by atoms with Crippen molar-refractivity contribution in [2.45, 2.75) is 238 Å². The highest BCUT2D eigenvalue weighted by Crippen LogP contribution is 2.61. The van der Waals surface area contributed by atoms with E-state index in [1.165, 1.54) is 0 Å². The standard InChI is InChI=1S/C108H111Br3N12O9/c1-61-79(55-118-52-70(112-115-118)58-130-76-34-16-64(17-35-76)94-97-82(40-103(4,5)46-88(97)124)121(73-28-22-67(109)23-29-73)83-41-104(6,7)47-89(125)98(83)94)62(2)81(57-120-54-72(114-117-120)60-132-78-38-20-66(21-39-78)96-101-86(44-107(12,13)50-92(101)128)123(75-32-26-69(111)27-33-75)87-45-108(14,15)51-93(129)102(87)96)63(3)80(61)56-119-53-71(113-116-119)59-131-77-36-18-65(19-37-77)95-99-84(42-105(8,9)48-90(99)126)122(74-30-24-68(110)25-31-74)85-43-106(10,11)49-91(127)100(85)95/h16-39,52-54,94-96H,40-51,55-60H2,1-15H3. The summed E-state index contributed by atoms with van der Waals surface area (Å²) in [5.41, 5.74) is 21.7. The summed E-state index contributed by atoms with van der Waals surface area (Å²) in [5, 5.41) is 28.1. The summed E-state index contributed by atoms with van der Waals surface area (Å²) >= 11 is 10.9. The lowest BCUT2D eigenvalue weighted by molar-refractivity contribution is -0.120. The van der Waals surface area contributed by atoms with Gasteiger partial charge in [0.1, 0.15) is 54.2 Å². The van der Waals surface area contributed by atoms with Crippen LogP contribution in [0.3, 0.4) is 0 Å². The van der Waals surface area contributed by atoms with Gasteiger partial charge in [0.2, 0.25) is 0 Å². The van der Waals surface area contributed by atoms with E-state index in [1.54, 1.807) is 0 Å². The molecule has 9 aliphatic rings. The first-order valence-corrected chi connectivity index (χ1v) is 48.3. The van der Waals surface area contributed by atoms with Crippen molar-refractivity contribution >= 4 is 99.6 Å². The Hall–Kier alpha value is -11.3. The second-order valence-corrected chi connectivity index (χ2v) is 45.4. The number of Topliss-reactive ketones (excluding diaryl/α,β-unsaturated/α-hetero) is 6. The van der Waals surface area contributed by atoms with E-state index in [1.807, 2.05) is 142 Å². The maximum atomic E-state index is 14.7. The van der Waals surface area contributed by atoms with E-state index < -0.39 is 17.8 Å². The van der Waals surface area contributed by atoms with Crippen LogP contribution in [0.15, 0.2) is 245 Å². The molecule has 0 N–H and O–H groups in total. The Morgan fingerprint density at radius 3 is 0.682 bits per heavy atom. The van der Waals surface area contributed by atoms with Crippen molar-refractivity contribution in [3.63, 3.8) is 0 Å². The molecule has 678 valence electrons. The first-order valence-electron chi connectivity index (χ1n) is 45.9. The van der Waals surface area contributed by atoms with Gasteiger partial charge in [-0.1, -0.05) is 183 Å². The van der Waals surface area contributed by atoms with E-state index in [2.05, 4.69) is 218 Å². The Bertz CT molecular complexity index is 5840. The molecule has 6 aliphatic carbocycles. The van der Waals surface area contributed by atoms with Crippen molar-refractivity contribution in [2.75, 3.05) is 14.7 Å². The Kier molecular flexibility index (Phi) is 23.1. The lowest BCUT2D eigenvalue weighted by Gasteiger charge is -2.49. The number of halogens is 3. The fourth-order valence-corrected chi connectivity index (χ4v) is 23.2. The maximum Gasteiger partial charge on any atom is 0.162 e. The Morgan fingerprint density at radius 2 is 0.485 bits per heavy atom. The van der Waals surface area contributed by atoms with Crippen molar-refractivity contribution in [2.24, 2.45) is 32.5 Å².